The summed E-state index contributed by atoms with van der Waals surface area (Å²) in [5.41, 5.74) is 1.79. The van der Waals surface area contributed by atoms with Gasteiger partial charge in [-0.05, 0) is 10.3 Å². The summed E-state index contributed by atoms with van der Waals surface area (Å²) in [4.78, 5) is 1.87. The molecule has 0 saturated heterocycles. The molecule has 0 amide bonds. The van der Waals surface area contributed by atoms with Crippen LogP contribution in [-0.4, -0.2) is 24.4 Å². The van der Waals surface area contributed by atoms with Crippen molar-refractivity contribution in [2.24, 2.45) is 0 Å². The molecule has 14 heavy (non-hydrogen) atoms. The van der Waals surface area contributed by atoms with Gasteiger partial charge in [0.05, 0.1) is 0 Å². The van der Waals surface area contributed by atoms with Gasteiger partial charge in [-0.1, -0.05) is 30.3 Å². The van der Waals surface area contributed by atoms with Crippen molar-refractivity contribution in [3.8, 4) is 11.3 Å². The molecule has 1 aromatic carbocycles. The molecule has 4 nitrogen and oxygen atoms in total. The van der Waals surface area contributed by atoms with Crippen LogP contribution >= 0.6 is 0 Å². The average molecular weight is 189 g/mol. The minimum atomic E-state index is 0.746. The van der Waals surface area contributed by atoms with Gasteiger partial charge in [0.15, 0.2) is 5.69 Å². The number of anilines is 1. The number of hydrogen-bond acceptors (Lipinski definition) is 4. The van der Waals surface area contributed by atoms with E-state index in [-0.39, 0.29) is 0 Å². The largest absolute Gasteiger partial charge is 0.358 e. The van der Waals surface area contributed by atoms with E-state index < -0.39 is 0 Å². The Balaban J connectivity index is 2.47. The number of benzene rings is 1. The fraction of sp³-hybridized carbons (Fsp3) is 0.200. The average Bonchev–Trinajstić information content (AvgIpc) is 2.67. The second-order valence-corrected chi connectivity index (χ2v) is 3.20. The summed E-state index contributed by atoms with van der Waals surface area (Å²) < 4.78 is 4.72. The lowest BCUT2D eigenvalue weighted by molar-refractivity contribution is 0.309. The fourth-order valence-electron chi connectivity index (χ4n) is 1.26. The van der Waals surface area contributed by atoms with Crippen molar-refractivity contribution >= 4 is 5.82 Å². The molecule has 0 bridgehead atoms. The van der Waals surface area contributed by atoms with Gasteiger partial charge in [-0.2, -0.15) is 0 Å². The molecular formula is C10H11N3O. The molecule has 72 valence electrons. The van der Waals surface area contributed by atoms with Crippen molar-refractivity contribution in [3.05, 3.63) is 30.3 Å². The van der Waals surface area contributed by atoms with Crippen LogP contribution in [0.5, 0.6) is 0 Å². The summed E-state index contributed by atoms with van der Waals surface area (Å²) >= 11 is 0. The van der Waals surface area contributed by atoms with Gasteiger partial charge in [-0.25, -0.2) is 4.63 Å². The molecule has 0 saturated carbocycles. The highest BCUT2D eigenvalue weighted by Crippen LogP contribution is 2.25. The Morgan fingerprint density at radius 3 is 2.43 bits per heavy atom. The van der Waals surface area contributed by atoms with E-state index in [1.54, 1.807) is 0 Å². The Labute approximate surface area is 82.1 Å². The van der Waals surface area contributed by atoms with E-state index in [2.05, 4.69) is 10.3 Å². The first-order chi connectivity index (χ1) is 6.79. The molecule has 0 atom stereocenters. The van der Waals surface area contributed by atoms with E-state index >= 15 is 0 Å². The van der Waals surface area contributed by atoms with Gasteiger partial charge in [-0.3, -0.25) is 0 Å². The summed E-state index contributed by atoms with van der Waals surface area (Å²) in [6.07, 6.45) is 0. The quantitative estimate of drug-likeness (QED) is 0.722. The van der Waals surface area contributed by atoms with E-state index in [0.717, 1.165) is 17.1 Å². The molecule has 4 heteroatoms. The van der Waals surface area contributed by atoms with Crippen LogP contribution in [0, 0.1) is 0 Å². The molecule has 0 spiro atoms. The van der Waals surface area contributed by atoms with E-state index in [1.165, 1.54) is 0 Å². The van der Waals surface area contributed by atoms with E-state index in [0.29, 0.717) is 0 Å². The minimum absolute atomic E-state index is 0.746. The summed E-state index contributed by atoms with van der Waals surface area (Å²) in [6.45, 7) is 0. The van der Waals surface area contributed by atoms with Crippen molar-refractivity contribution in [1.29, 1.82) is 0 Å². The zero-order chi connectivity index (χ0) is 9.97. The van der Waals surface area contributed by atoms with Crippen molar-refractivity contribution in [1.82, 2.24) is 10.3 Å². The molecule has 0 N–H and O–H groups in total. The third-order valence-electron chi connectivity index (χ3n) is 1.94. The van der Waals surface area contributed by atoms with E-state index in [4.69, 9.17) is 4.63 Å². The van der Waals surface area contributed by atoms with Crippen LogP contribution in [0.15, 0.2) is 35.0 Å². The monoisotopic (exact) mass is 189 g/mol. The molecule has 1 heterocycles. The lowest BCUT2D eigenvalue weighted by atomic mass is 10.1. The van der Waals surface area contributed by atoms with Crippen molar-refractivity contribution in [3.63, 3.8) is 0 Å². The maximum Gasteiger partial charge on any atom is 0.201 e. The van der Waals surface area contributed by atoms with Crippen molar-refractivity contribution in [2.75, 3.05) is 19.0 Å². The lowest BCUT2D eigenvalue weighted by Crippen LogP contribution is -2.10. The molecule has 0 aliphatic carbocycles. The zero-order valence-corrected chi connectivity index (χ0v) is 8.14. The summed E-state index contributed by atoms with van der Waals surface area (Å²) in [7, 11) is 3.82. The van der Waals surface area contributed by atoms with E-state index in [9.17, 15) is 0 Å². The highest BCUT2D eigenvalue weighted by Gasteiger charge is 2.12. The highest BCUT2D eigenvalue weighted by molar-refractivity contribution is 5.70. The van der Waals surface area contributed by atoms with Gasteiger partial charge >= 0.3 is 0 Å². The molecule has 1 aromatic heterocycles. The Morgan fingerprint density at radius 2 is 1.79 bits per heavy atom. The summed E-state index contributed by atoms with van der Waals surface area (Å²) in [5, 5.41) is 7.71. The second kappa shape index (κ2) is 3.49. The first-order valence-electron chi connectivity index (χ1n) is 4.34. The standard InChI is InChI=1S/C10H11N3O/c1-13(2)10-9(11-14-12-10)8-6-4-3-5-7-8/h3-7H,1-2H3. The predicted octanol–water partition coefficient (Wildman–Crippen LogP) is 1.80. The second-order valence-electron chi connectivity index (χ2n) is 3.20. The number of nitrogens with zero attached hydrogens (tertiary/aromatic N) is 3. The van der Waals surface area contributed by atoms with Crippen LogP contribution in [0.1, 0.15) is 0 Å². The van der Waals surface area contributed by atoms with Gasteiger partial charge in [-0.15, -0.1) is 0 Å². The Kier molecular flexibility index (Phi) is 2.18. The van der Waals surface area contributed by atoms with Gasteiger partial charge in [0, 0.05) is 19.7 Å². The molecule has 0 aliphatic heterocycles. The summed E-state index contributed by atoms with van der Waals surface area (Å²) in [5.74, 6) is 0.746. The fourth-order valence-corrected chi connectivity index (χ4v) is 1.26. The zero-order valence-electron chi connectivity index (χ0n) is 8.14. The van der Waals surface area contributed by atoms with Crippen LogP contribution < -0.4 is 4.90 Å². The van der Waals surface area contributed by atoms with Crippen LogP contribution in [0.4, 0.5) is 5.82 Å². The van der Waals surface area contributed by atoms with Crippen molar-refractivity contribution < 1.29 is 4.63 Å². The van der Waals surface area contributed by atoms with Crippen LogP contribution in [-0.2, 0) is 0 Å². The first kappa shape index (κ1) is 8.74. The Morgan fingerprint density at radius 1 is 1.07 bits per heavy atom. The third kappa shape index (κ3) is 1.46. The molecule has 0 aliphatic rings. The minimum Gasteiger partial charge on any atom is -0.358 e. The van der Waals surface area contributed by atoms with Gasteiger partial charge in [0.1, 0.15) is 0 Å². The van der Waals surface area contributed by atoms with E-state index in [1.807, 2.05) is 49.3 Å². The molecule has 2 rings (SSSR count). The van der Waals surface area contributed by atoms with Crippen LogP contribution in [0.25, 0.3) is 11.3 Å². The molecule has 0 unspecified atom stereocenters. The number of aromatic nitrogens is 2. The maximum absolute atomic E-state index is 4.72. The first-order valence-corrected chi connectivity index (χ1v) is 4.34. The number of hydrogen-bond donors (Lipinski definition) is 0. The van der Waals surface area contributed by atoms with Crippen LogP contribution in [0.2, 0.25) is 0 Å². The Bertz CT molecular complexity index is 408. The third-order valence-corrected chi connectivity index (χ3v) is 1.94. The van der Waals surface area contributed by atoms with Gasteiger partial charge in [0.2, 0.25) is 5.82 Å². The number of rotatable bonds is 2. The lowest BCUT2D eigenvalue weighted by Gasteiger charge is -2.07. The van der Waals surface area contributed by atoms with Gasteiger partial charge in [0.25, 0.3) is 0 Å². The SMILES string of the molecule is CN(C)c1nonc1-c1ccccc1. The maximum atomic E-state index is 4.72. The summed E-state index contributed by atoms with van der Waals surface area (Å²) in [6, 6.07) is 9.85. The molecular weight excluding hydrogens is 178 g/mol. The van der Waals surface area contributed by atoms with Crippen molar-refractivity contribution in [2.45, 2.75) is 0 Å². The topological polar surface area (TPSA) is 42.2 Å². The van der Waals surface area contributed by atoms with Gasteiger partial charge < -0.3 is 4.90 Å². The van der Waals surface area contributed by atoms with Crippen LogP contribution in [0.3, 0.4) is 0 Å². The smallest absolute Gasteiger partial charge is 0.201 e. The molecule has 0 fully saturated rings. The molecule has 0 radical (unpaired) electrons. The Hall–Kier alpha value is -1.84. The normalized spacial score (nSPS) is 10.1. The predicted molar refractivity (Wildman–Crippen MR) is 54.1 cm³/mol. The highest BCUT2D eigenvalue weighted by atomic mass is 16.6. The molecule has 2 aromatic rings.